The molecular weight excluding hydrogens is 234 g/mol. The van der Waals surface area contributed by atoms with Crippen molar-refractivity contribution in [3.63, 3.8) is 0 Å². The molecule has 7 nitrogen and oxygen atoms in total. The van der Waals surface area contributed by atoms with Crippen LogP contribution >= 0.6 is 0 Å². The number of carbonyl (C=O) groups excluding carboxylic acids is 1. The fourth-order valence-electron chi connectivity index (χ4n) is 2.03. The lowest BCUT2D eigenvalue weighted by Crippen LogP contribution is -2.14. The fourth-order valence-corrected chi connectivity index (χ4v) is 2.03. The first-order valence-electron chi connectivity index (χ1n) is 5.73. The predicted octanol–water partition coefficient (Wildman–Crippen LogP) is 0.854. The van der Waals surface area contributed by atoms with Gasteiger partial charge in [-0.15, -0.1) is 0 Å². The molecule has 1 saturated carbocycles. The normalized spacial score (nSPS) is 21.9. The van der Waals surface area contributed by atoms with Crippen LogP contribution in [0.5, 0.6) is 0 Å². The van der Waals surface area contributed by atoms with Crippen LogP contribution in [-0.4, -0.2) is 25.8 Å². The topological polar surface area (TPSA) is 85.8 Å². The van der Waals surface area contributed by atoms with Crippen LogP contribution in [0.2, 0.25) is 0 Å². The summed E-state index contributed by atoms with van der Waals surface area (Å²) in [6.07, 6.45) is 4.58. The summed E-state index contributed by atoms with van der Waals surface area (Å²) in [5.74, 6) is 0.654. The summed E-state index contributed by atoms with van der Waals surface area (Å²) >= 11 is 0. The molecule has 1 N–H and O–H groups in total. The molecule has 3 rings (SSSR count). The molecule has 1 aliphatic carbocycles. The first-order chi connectivity index (χ1) is 8.63. The molecule has 94 valence electrons. The first kappa shape index (κ1) is 10.9. The Bertz CT molecular complexity index is 588. The Morgan fingerprint density at radius 2 is 2.44 bits per heavy atom. The van der Waals surface area contributed by atoms with Crippen molar-refractivity contribution in [2.24, 2.45) is 13.0 Å². The van der Waals surface area contributed by atoms with Gasteiger partial charge in [0, 0.05) is 19.2 Å². The van der Waals surface area contributed by atoms with E-state index in [2.05, 4.69) is 20.6 Å². The van der Waals surface area contributed by atoms with Crippen LogP contribution in [0, 0.1) is 12.8 Å². The summed E-state index contributed by atoms with van der Waals surface area (Å²) in [5.41, 5.74) is 1.10. The van der Waals surface area contributed by atoms with E-state index in [4.69, 9.17) is 4.52 Å². The van der Waals surface area contributed by atoms with Crippen LogP contribution < -0.4 is 5.32 Å². The molecule has 2 atom stereocenters. The van der Waals surface area contributed by atoms with E-state index in [1.54, 1.807) is 17.8 Å². The molecule has 1 fully saturated rings. The maximum absolute atomic E-state index is 11.9. The average Bonchev–Trinajstić information content (AvgIpc) is 2.86. The molecule has 7 heteroatoms. The number of nitrogens with zero attached hydrogens (tertiary/aromatic N) is 4. The number of rotatable bonds is 3. The maximum Gasteiger partial charge on any atom is 0.328 e. The molecule has 1 amide bonds. The highest BCUT2D eigenvalue weighted by Crippen LogP contribution is 2.47. The van der Waals surface area contributed by atoms with Gasteiger partial charge in [-0.2, -0.15) is 10.1 Å². The molecule has 18 heavy (non-hydrogen) atoms. The number of anilines is 1. The molecule has 0 unspecified atom stereocenters. The number of aromatic nitrogens is 4. The molecule has 0 spiro atoms. The molecule has 2 aromatic heterocycles. The predicted molar refractivity (Wildman–Crippen MR) is 61.7 cm³/mol. The lowest BCUT2D eigenvalue weighted by molar-refractivity contribution is -0.117. The zero-order valence-electron chi connectivity index (χ0n) is 10.1. The van der Waals surface area contributed by atoms with Gasteiger partial charge >= 0.3 is 6.01 Å². The van der Waals surface area contributed by atoms with Crippen molar-refractivity contribution in [3.05, 3.63) is 23.8 Å². The van der Waals surface area contributed by atoms with E-state index in [1.807, 2.05) is 13.2 Å². The minimum atomic E-state index is -0.0764. The Morgan fingerprint density at radius 1 is 1.61 bits per heavy atom. The Hall–Kier alpha value is -2.18. The van der Waals surface area contributed by atoms with E-state index in [9.17, 15) is 4.79 Å². The minimum Gasteiger partial charge on any atom is -0.315 e. The SMILES string of the molecule is Cc1noc(NC(=O)[C@H]2C[C@H]2c2cnn(C)c2)n1. The van der Waals surface area contributed by atoms with E-state index in [0.29, 0.717) is 5.82 Å². The van der Waals surface area contributed by atoms with Gasteiger partial charge in [-0.1, -0.05) is 5.16 Å². The van der Waals surface area contributed by atoms with Gasteiger partial charge < -0.3 is 4.52 Å². The van der Waals surface area contributed by atoms with Crippen LogP contribution in [0.4, 0.5) is 6.01 Å². The summed E-state index contributed by atoms with van der Waals surface area (Å²) in [6.45, 7) is 1.70. The van der Waals surface area contributed by atoms with Gasteiger partial charge in [-0.3, -0.25) is 14.8 Å². The van der Waals surface area contributed by atoms with Crippen LogP contribution in [0.1, 0.15) is 23.7 Å². The van der Waals surface area contributed by atoms with Crippen LogP contribution in [-0.2, 0) is 11.8 Å². The molecule has 0 aromatic carbocycles. The second kappa shape index (κ2) is 3.94. The smallest absolute Gasteiger partial charge is 0.315 e. The number of carbonyl (C=O) groups is 1. The molecule has 2 aromatic rings. The van der Waals surface area contributed by atoms with Gasteiger partial charge in [0.05, 0.1) is 6.20 Å². The van der Waals surface area contributed by atoms with Gasteiger partial charge in [-0.05, 0) is 24.8 Å². The Labute approximate surface area is 103 Å². The van der Waals surface area contributed by atoms with E-state index < -0.39 is 0 Å². The zero-order chi connectivity index (χ0) is 12.7. The van der Waals surface area contributed by atoms with Crippen molar-refractivity contribution >= 4 is 11.9 Å². The molecule has 0 bridgehead atoms. The summed E-state index contributed by atoms with van der Waals surface area (Å²) < 4.78 is 6.59. The number of hydrogen-bond acceptors (Lipinski definition) is 5. The van der Waals surface area contributed by atoms with Crippen molar-refractivity contribution in [3.8, 4) is 0 Å². The Morgan fingerprint density at radius 3 is 3.06 bits per heavy atom. The van der Waals surface area contributed by atoms with E-state index >= 15 is 0 Å². The van der Waals surface area contributed by atoms with Crippen LogP contribution in [0.3, 0.4) is 0 Å². The second-order valence-electron chi connectivity index (χ2n) is 4.53. The molecule has 0 radical (unpaired) electrons. The number of aryl methyl sites for hydroxylation is 2. The number of hydrogen-bond donors (Lipinski definition) is 1. The third-order valence-corrected chi connectivity index (χ3v) is 3.04. The summed E-state index contributed by atoms with van der Waals surface area (Å²) in [5, 5.41) is 10.3. The fraction of sp³-hybridized carbons (Fsp3) is 0.455. The molecule has 2 heterocycles. The van der Waals surface area contributed by atoms with E-state index in [-0.39, 0.29) is 23.8 Å². The van der Waals surface area contributed by atoms with Crippen LogP contribution in [0.15, 0.2) is 16.9 Å². The van der Waals surface area contributed by atoms with Crippen molar-refractivity contribution in [1.82, 2.24) is 19.9 Å². The third kappa shape index (κ3) is 1.99. The van der Waals surface area contributed by atoms with Gasteiger partial charge in [0.15, 0.2) is 5.82 Å². The monoisotopic (exact) mass is 247 g/mol. The second-order valence-corrected chi connectivity index (χ2v) is 4.53. The average molecular weight is 247 g/mol. The number of nitrogens with one attached hydrogen (secondary N) is 1. The zero-order valence-corrected chi connectivity index (χ0v) is 10.1. The van der Waals surface area contributed by atoms with Gasteiger partial charge in [0.2, 0.25) is 5.91 Å². The van der Waals surface area contributed by atoms with Crippen molar-refractivity contribution in [1.29, 1.82) is 0 Å². The minimum absolute atomic E-state index is 0.0265. The van der Waals surface area contributed by atoms with Gasteiger partial charge in [0.1, 0.15) is 0 Å². The van der Waals surface area contributed by atoms with Crippen LogP contribution in [0.25, 0.3) is 0 Å². The van der Waals surface area contributed by atoms with Crippen molar-refractivity contribution < 1.29 is 9.32 Å². The summed E-state index contributed by atoms with van der Waals surface area (Å²) in [4.78, 5) is 15.8. The van der Waals surface area contributed by atoms with Gasteiger partial charge in [0.25, 0.3) is 0 Å². The summed E-state index contributed by atoms with van der Waals surface area (Å²) in [6, 6.07) is 0.161. The molecule has 0 saturated heterocycles. The first-order valence-corrected chi connectivity index (χ1v) is 5.73. The highest BCUT2D eigenvalue weighted by molar-refractivity contribution is 5.93. The third-order valence-electron chi connectivity index (χ3n) is 3.04. The Balaban J connectivity index is 1.62. The lowest BCUT2D eigenvalue weighted by atomic mass is 10.2. The maximum atomic E-state index is 11.9. The highest BCUT2D eigenvalue weighted by Gasteiger charge is 2.45. The van der Waals surface area contributed by atoms with Crippen molar-refractivity contribution in [2.45, 2.75) is 19.3 Å². The standard InChI is InChI=1S/C11H13N5O2/c1-6-13-11(18-15-6)14-10(17)9-3-8(9)7-4-12-16(2)5-7/h4-5,8-9H,3H2,1-2H3,(H,13,14,15,17)/t8-,9-/m0/s1. The number of amides is 1. The largest absolute Gasteiger partial charge is 0.328 e. The van der Waals surface area contributed by atoms with E-state index in [1.165, 1.54) is 0 Å². The summed E-state index contributed by atoms with van der Waals surface area (Å²) in [7, 11) is 1.86. The van der Waals surface area contributed by atoms with E-state index in [0.717, 1.165) is 12.0 Å². The van der Waals surface area contributed by atoms with Gasteiger partial charge in [-0.25, -0.2) is 0 Å². The molecule has 1 aliphatic rings. The molecular formula is C11H13N5O2. The Kier molecular flexibility index (Phi) is 2.39. The van der Waals surface area contributed by atoms with Crippen molar-refractivity contribution in [2.75, 3.05) is 5.32 Å². The lowest BCUT2D eigenvalue weighted by Gasteiger charge is -1.97. The quantitative estimate of drug-likeness (QED) is 0.869. The molecule has 0 aliphatic heterocycles. The highest BCUT2D eigenvalue weighted by atomic mass is 16.5.